The highest BCUT2D eigenvalue weighted by Gasteiger charge is 2.12. The highest BCUT2D eigenvalue weighted by Crippen LogP contribution is 2.23. The van der Waals surface area contributed by atoms with Crippen LogP contribution in [0.1, 0.15) is 22.4 Å². The van der Waals surface area contributed by atoms with Gasteiger partial charge in [-0.15, -0.1) is 11.3 Å². The van der Waals surface area contributed by atoms with Crippen LogP contribution in [0.15, 0.2) is 41.8 Å². The van der Waals surface area contributed by atoms with Gasteiger partial charge in [0.1, 0.15) is 0 Å². The molecule has 8 heteroatoms. The van der Waals surface area contributed by atoms with E-state index in [1.165, 1.54) is 11.3 Å². The van der Waals surface area contributed by atoms with Crippen LogP contribution in [0.25, 0.3) is 0 Å². The average Bonchev–Trinajstić information content (AvgIpc) is 3.04. The molecule has 3 aromatic rings. The summed E-state index contributed by atoms with van der Waals surface area (Å²) in [5.74, 6) is -0.153. The van der Waals surface area contributed by atoms with E-state index in [2.05, 4.69) is 20.9 Å². The van der Waals surface area contributed by atoms with Crippen molar-refractivity contribution in [3.05, 3.63) is 69.2 Å². The molecule has 29 heavy (non-hydrogen) atoms. The minimum atomic E-state index is -0.427. The van der Waals surface area contributed by atoms with Gasteiger partial charge in [-0.1, -0.05) is 35.4 Å². The van der Waals surface area contributed by atoms with Crippen molar-refractivity contribution in [3.8, 4) is 0 Å². The summed E-state index contributed by atoms with van der Waals surface area (Å²) in [4.78, 5) is 28.8. The lowest BCUT2D eigenvalue weighted by Crippen LogP contribution is -2.19. The maximum atomic E-state index is 12.4. The van der Waals surface area contributed by atoms with Crippen LogP contribution in [0.2, 0.25) is 5.02 Å². The van der Waals surface area contributed by atoms with E-state index in [-0.39, 0.29) is 12.3 Å². The highest BCUT2D eigenvalue weighted by atomic mass is 35.5. The van der Waals surface area contributed by atoms with Gasteiger partial charge in [-0.2, -0.15) is 0 Å². The van der Waals surface area contributed by atoms with Crippen LogP contribution in [0, 0.1) is 20.8 Å². The molecule has 0 spiro atoms. The van der Waals surface area contributed by atoms with Gasteiger partial charge in [-0.3, -0.25) is 10.1 Å². The van der Waals surface area contributed by atoms with Gasteiger partial charge in [-0.05, 0) is 50.1 Å². The number of benzene rings is 2. The molecule has 0 aliphatic rings. The van der Waals surface area contributed by atoms with Gasteiger partial charge in [0, 0.05) is 21.8 Å². The fraction of sp³-hybridized carbons (Fsp3) is 0.190. The second-order valence-corrected chi connectivity index (χ2v) is 8.03. The van der Waals surface area contributed by atoms with Gasteiger partial charge in [0.05, 0.1) is 12.1 Å². The lowest BCUT2D eigenvalue weighted by molar-refractivity contribution is -0.115. The monoisotopic (exact) mass is 428 g/mol. The molecule has 0 bridgehead atoms. The number of thiazole rings is 1. The topological polar surface area (TPSA) is 83.1 Å². The number of rotatable bonds is 5. The standard InChI is InChI=1S/C21H21ClN4O2S/c1-12-7-13(2)19(14(3)8-12)25-18(27)10-17-11-29-21(24-17)26-20(28)23-16-6-4-5-15(22)9-16/h4-9,11H,10H2,1-3H3,(H,25,27)(H2,23,24,26,28). The Hall–Kier alpha value is -2.90. The lowest BCUT2D eigenvalue weighted by atomic mass is 10.0. The van der Waals surface area contributed by atoms with E-state index in [9.17, 15) is 9.59 Å². The molecular weight excluding hydrogens is 408 g/mol. The quantitative estimate of drug-likeness (QED) is 0.498. The molecule has 150 valence electrons. The number of halogens is 1. The Morgan fingerprint density at radius 2 is 1.76 bits per heavy atom. The largest absolute Gasteiger partial charge is 0.325 e. The molecule has 0 fully saturated rings. The van der Waals surface area contributed by atoms with Gasteiger partial charge in [0.15, 0.2) is 5.13 Å². The van der Waals surface area contributed by atoms with Crippen molar-refractivity contribution < 1.29 is 9.59 Å². The number of amides is 3. The summed E-state index contributed by atoms with van der Waals surface area (Å²) in [5.41, 5.74) is 5.20. The van der Waals surface area contributed by atoms with E-state index in [4.69, 9.17) is 11.6 Å². The number of nitrogens with one attached hydrogen (secondary N) is 3. The predicted molar refractivity (Wildman–Crippen MR) is 119 cm³/mol. The van der Waals surface area contributed by atoms with Gasteiger partial charge >= 0.3 is 6.03 Å². The molecule has 1 heterocycles. The van der Waals surface area contributed by atoms with E-state index >= 15 is 0 Å². The van der Waals surface area contributed by atoms with Crippen molar-refractivity contribution >= 4 is 51.4 Å². The fourth-order valence-electron chi connectivity index (χ4n) is 3.00. The zero-order chi connectivity index (χ0) is 21.0. The van der Waals surface area contributed by atoms with Crippen molar-refractivity contribution in [3.63, 3.8) is 0 Å². The Labute approximate surface area is 178 Å². The Morgan fingerprint density at radius 3 is 2.45 bits per heavy atom. The average molecular weight is 429 g/mol. The first kappa shape index (κ1) is 20.8. The summed E-state index contributed by atoms with van der Waals surface area (Å²) < 4.78 is 0. The number of hydrogen-bond acceptors (Lipinski definition) is 4. The number of aromatic nitrogens is 1. The van der Waals surface area contributed by atoms with Crippen molar-refractivity contribution in [2.75, 3.05) is 16.0 Å². The molecule has 3 rings (SSSR count). The van der Waals surface area contributed by atoms with Gasteiger partial charge in [0.2, 0.25) is 5.91 Å². The highest BCUT2D eigenvalue weighted by molar-refractivity contribution is 7.14. The van der Waals surface area contributed by atoms with Crippen LogP contribution in [0.5, 0.6) is 0 Å². The summed E-state index contributed by atoms with van der Waals surface area (Å²) in [7, 11) is 0. The van der Waals surface area contributed by atoms with E-state index in [0.29, 0.717) is 21.5 Å². The Morgan fingerprint density at radius 1 is 1.03 bits per heavy atom. The molecule has 0 atom stereocenters. The predicted octanol–water partition coefficient (Wildman–Crippen LogP) is 5.55. The molecule has 3 amide bonds. The second-order valence-electron chi connectivity index (χ2n) is 6.73. The van der Waals surface area contributed by atoms with Gasteiger partial charge in [0.25, 0.3) is 0 Å². The number of carbonyl (C=O) groups is 2. The van der Waals surface area contributed by atoms with Gasteiger partial charge in [-0.25, -0.2) is 9.78 Å². The Balaban J connectivity index is 1.57. The van der Waals surface area contributed by atoms with E-state index in [0.717, 1.165) is 22.4 Å². The zero-order valence-corrected chi connectivity index (χ0v) is 17.9. The van der Waals surface area contributed by atoms with Crippen molar-refractivity contribution in [1.29, 1.82) is 0 Å². The molecule has 6 nitrogen and oxygen atoms in total. The number of hydrogen-bond donors (Lipinski definition) is 3. The molecule has 0 aliphatic carbocycles. The molecule has 0 radical (unpaired) electrons. The number of urea groups is 1. The summed E-state index contributed by atoms with van der Waals surface area (Å²) in [6.07, 6.45) is 0.126. The number of nitrogens with zero attached hydrogens (tertiary/aromatic N) is 1. The molecule has 0 unspecified atom stereocenters. The van der Waals surface area contributed by atoms with Crippen LogP contribution in [-0.2, 0) is 11.2 Å². The third-order valence-corrected chi connectivity index (χ3v) is 5.18. The van der Waals surface area contributed by atoms with Crippen LogP contribution in [-0.4, -0.2) is 16.9 Å². The van der Waals surface area contributed by atoms with Crippen LogP contribution >= 0.6 is 22.9 Å². The Bertz CT molecular complexity index is 1040. The third-order valence-electron chi connectivity index (χ3n) is 4.14. The minimum absolute atomic E-state index is 0.126. The number of anilines is 3. The SMILES string of the molecule is Cc1cc(C)c(NC(=O)Cc2csc(NC(=O)Nc3cccc(Cl)c3)n2)c(C)c1. The molecule has 0 aliphatic heterocycles. The first-order valence-corrected chi connectivity index (χ1v) is 10.2. The van der Waals surface area contributed by atoms with E-state index < -0.39 is 6.03 Å². The summed E-state index contributed by atoms with van der Waals surface area (Å²) in [6, 6.07) is 10.5. The van der Waals surface area contributed by atoms with E-state index in [1.807, 2.05) is 32.9 Å². The number of carbonyl (C=O) groups excluding carboxylic acids is 2. The van der Waals surface area contributed by atoms with Crippen LogP contribution < -0.4 is 16.0 Å². The molecule has 1 aromatic heterocycles. The normalized spacial score (nSPS) is 10.5. The molecular formula is C21H21ClN4O2S. The Kier molecular flexibility index (Phi) is 6.51. The third kappa shape index (κ3) is 5.79. The number of aryl methyl sites for hydroxylation is 3. The van der Waals surface area contributed by atoms with E-state index in [1.54, 1.807) is 29.6 Å². The maximum absolute atomic E-state index is 12.4. The summed E-state index contributed by atoms with van der Waals surface area (Å²) in [5, 5.41) is 11.0. The zero-order valence-electron chi connectivity index (χ0n) is 16.3. The lowest BCUT2D eigenvalue weighted by Gasteiger charge is -2.12. The molecule has 0 saturated carbocycles. The first-order chi connectivity index (χ1) is 13.8. The minimum Gasteiger partial charge on any atom is -0.325 e. The van der Waals surface area contributed by atoms with Crippen molar-refractivity contribution in [2.24, 2.45) is 0 Å². The van der Waals surface area contributed by atoms with Gasteiger partial charge < -0.3 is 10.6 Å². The molecule has 3 N–H and O–H groups in total. The van der Waals surface area contributed by atoms with Crippen molar-refractivity contribution in [2.45, 2.75) is 27.2 Å². The molecule has 0 saturated heterocycles. The fourth-order valence-corrected chi connectivity index (χ4v) is 3.89. The summed E-state index contributed by atoms with van der Waals surface area (Å²) >= 11 is 7.16. The second kappa shape index (κ2) is 9.07. The van der Waals surface area contributed by atoms with Crippen LogP contribution in [0.4, 0.5) is 21.3 Å². The van der Waals surface area contributed by atoms with Crippen LogP contribution in [0.3, 0.4) is 0 Å². The first-order valence-electron chi connectivity index (χ1n) is 8.96. The molecule has 2 aromatic carbocycles. The summed E-state index contributed by atoms with van der Waals surface area (Å²) in [6.45, 7) is 5.97. The van der Waals surface area contributed by atoms with Crippen molar-refractivity contribution in [1.82, 2.24) is 4.98 Å². The smallest absolute Gasteiger partial charge is 0.325 e. The maximum Gasteiger partial charge on any atom is 0.325 e.